The third kappa shape index (κ3) is 3.49. The Labute approximate surface area is 136 Å². The minimum atomic E-state index is -0.194. The Morgan fingerprint density at radius 2 is 1.90 bits per heavy atom. The Bertz CT molecular complexity index is 468. The molecule has 1 aliphatic heterocycles. The van der Waals surface area contributed by atoms with Crippen LogP contribution < -0.4 is 5.73 Å². The molecule has 0 radical (unpaired) electrons. The molecule has 1 aromatic carbocycles. The zero-order valence-electron chi connectivity index (χ0n) is 13.0. The molecule has 0 saturated carbocycles. The van der Waals surface area contributed by atoms with E-state index in [2.05, 4.69) is 34.7 Å². The van der Waals surface area contributed by atoms with Crippen LogP contribution >= 0.6 is 15.9 Å². The molecule has 1 unspecified atom stereocenters. The first kappa shape index (κ1) is 16.9. The van der Waals surface area contributed by atoms with Crippen molar-refractivity contribution in [2.24, 2.45) is 5.73 Å². The fourth-order valence-electron chi connectivity index (χ4n) is 3.75. The third-order valence-corrected chi connectivity index (χ3v) is 5.87. The highest BCUT2D eigenvalue weighted by Gasteiger charge is 2.40. The number of likely N-dealkylation sites (tertiary alicyclic amines) is 1. The standard InChI is InChI=1S/C17H26BrFN2/c1-3-17(4-2,21-9-5-6-10-21)16(20)12-13-11-14(19)7-8-15(13)18/h7-8,11,16H,3-6,9-10,12,20H2,1-2H3. The van der Waals surface area contributed by atoms with E-state index in [0.29, 0.717) is 6.42 Å². The second-order valence-electron chi connectivity index (χ2n) is 6.05. The van der Waals surface area contributed by atoms with Gasteiger partial charge >= 0.3 is 0 Å². The van der Waals surface area contributed by atoms with Crippen molar-refractivity contribution < 1.29 is 4.39 Å². The van der Waals surface area contributed by atoms with Gasteiger partial charge in [0.2, 0.25) is 0 Å². The molecular weight excluding hydrogens is 331 g/mol. The van der Waals surface area contributed by atoms with Gasteiger partial charge in [-0.3, -0.25) is 4.90 Å². The molecule has 2 N–H and O–H groups in total. The van der Waals surface area contributed by atoms with Crippen LogP contribution in [0.2, 0.25) is 0 Å². The summed E-state index contributed by atoms with van der Waals surface area (Å²) in [6, 6.07) is 4.87. The normalized spacial score (nSPS) is 18.1. The van der Waals surface area contributed by atoms with Crippen molar-refractivity contribution in [3.8, 4) is 0 Å². The highest BCUT2D eigenvalue weighted by atomic mass is 79.9. The molecule has 0 amide bonds. The Morgan fingerprint density at radius 1 is 1.29 bits per heavy atom. The molecule has 2 rings (SSSR count). The van der Waals surface area contributed by atoms with E-state index in [-0.39, 0.29) is 17.4 Å². The molecule has 118 valence electrons. The summed E-state index contributed by atoms with van der Waals surface area (Å²) < 4.78 is 14.4. The van der Waals surface area contributed by atoms with E-state index in [1.165, 1.54) is 18.9 Å². The van der Waals surface area contributed by atoms with E-state index in [4.69, 9.17) is 5.73 Å². The zero-order valence-corrected chi connectivity index (χ0v) is 14.6. The number of benzene rings is 1. The van der Waals surface area contributed by atoms with Crippen LogP contribution in [0.15, 0.2) is 22.7 Å². The molecule has 21 heavy (non-hydrogen) atoms. The van der Waals surface area contributed by atoms with E-state index < -0.39 is 0 Å². The van der Waals surface area contributed by atoms with Gasteiger partial charge in [0.1, 0.15) is 5.82 Å². The number of nitrogens with zero attached hydrogens (tertiary/aromatic N) is 1. The highest BCUT2D eigenvalue weighted by molar-refractivity contribution is 9.10. The van der Waals surface area contributed by atoms with Crippen molar-refractivity contribution >= 4 is 15.9 Å². The fraction of sp³-hybridized carbons (Fsp3) is 0.647. The second-order valence-corrected chi connectivity index (χ2v) is 6.91. The summed E-state index contributed by atoms with van der Waals surface area (Å²) in [7, 11) is 0. The van der Waals surface area contributed by atoms with Crippen molar-refractivity contribution in [1.82, 2.24) is 4.90 Å². The molecular formula is C17H26BrFN2. The summed E-state index contributed by atoms with van der Waals surface area (Å²) in [5, 5.41) is 0. The molecule has 1 aliphatic rings. The van der Waals surface area contributed by atoms with Gasteiger partial charge in [0.15, 0.2) is 0 Å². The van der Waals surface area contributed by atoms with Gasteiger partial charge in [-0.05, 0) is 69.0 Å². The van der Waals surface area contributed by atoms with Crippen LogP contribution in [-0.4, -0.2) is 29.6 Å². The maximum Gasteiger partial charge on any atom is 0.123 e. The second kappa shape index (κ2) is 7.21. The van der Waals surface area contributed by atoms with Crippen molar-refractivity contribution in [1.29, 1.82) is 0 Å². The molecule has 1 heterocycles. The Kier molecular flexibility index (Phi) is 5.81. The lowest BCUT2D eigenvalue weighted by molar-refractivity contribution is 0.0767. The van der Waals surface area contributed by atoms with Gasteiger partial charge < -0.3 is 5.73 Å². The van der Waals surface area contributed by atoms with Crippen LogP contribution in [-0.2, 0) is 6.42 Å². The van der Waals surface area contributed by atoms with Crippen molar-refractivity contribution in [2.45, 2.75) is 57.5 Å². The van der Waals surface area contributed by atoms with E-state index in [0.717, 1.165) is 36.0 Å². The first-order valence-electron chi connectivity index (χ1n) is 7.98. The summed E-state index contributed by atoms with van der Waals surface area (Å²) in [4.78, 5) is 2.56. The van der Waals surface area contributed by atoms with Gasteiger partial charge in [-0.1, -0.05) is 29.8 Å². The van der Waals surface area contributed by atoms with Crippen LogP contribution in [0.5, 0.6) is 0 Å². The predicted molar refractivity (Wildman–Crippen MR) is 89.9 cm³/mol. The molecule has 0 spiro atoms. The number of nitrogens with two attached hydrogens (primary N) is 1. The van der Waals surface area contributed by atoms with E-state index in [9.17, 15) is 4.39 Å². The summed E-state index contributed by atoms with van der Waals surface area (Å²) in [5.74, 6) is -0.194. The molecule has 0 aliphatic carbocycles. The minimum absolute atomic E-state index is 0.0173. The number of rotatable bonds is 6. The molecule has 2 nitrogen and oxygen atoms in total. The topological polar surface area (TPSA) is 29.3 Å². The Balaban J connectivity index is 2.22. The smallest absolute Gasteiger partial charge is 0.123 e. The maximum atomic E-state index is 13.5. The van der Waals surface area contributed by atoms with E-state index >= 15 is 0 Å². The molecule has 0 bridgehead atoms. The van der Waals surface area contributed by atoms with Gasteiger partial charge in [-0.2, -0.15) is 0 Å². The average Bonchev–Trinajstić information content (AvgIpc) is 2.99. The molecule has 1 saturated heterocycles. The van der Waals surface area contributed by atoms with Gasteiger partial charge in [0.25, 0.3) is 0 Å². The summed E-state index contributed by atoms with van der Waals surface area (Å²) in [6.45, 7) is 6.73. The summed E-state index contributed by atoms with van der Waals surface area (Å²) in [6.07, 6.45) is 5.31. The fourth-order valence-corrected chi connectivity index (χ4v) is 4.15. The van der Waals surface area contributed by atoms with E-state index in [1.807, 2.05) is 0 Å². The van der Waals surface area contributed by atoms with Gasteiger partial charge in [-0.25, -0.2) is 4.39 Å². The minimum Gasteiger partial charge on any atom is -0.326 e. The van der Waals surface area contributed by atoms with Gasteiger partial charge in [-0.15, -0.1) is 0 Å². The van der Waals surface area contributed by atoms with Crippen LogP contribution in [0.4, 0.5) is 4.39 Å². The van der Waals surface area contributed by atoms with Crippen molar-refractivity contribution in [3.63, 3.8) is 0 Å². The summed E-state index contributed by atoms with van der Waals surface area (Å²) in [5.41, 5.74) is 7.62. The van der Waals surface area contributed by atoms with Crippen LogP contribution in [0, 0.1) is 5.82 Å². The quantitative estimate of drug-likeness (QED) is 0.830. The van der Waals surface area contributed by atoms with Crippen LogP contribution in [0.1, 0.15) is 45.1 Å². The highest BCUT2D eigenvalue weighted by Crippen LogP contribution is 2.33. The zero-order chi connectivity index (χ0) is 15.5. The van der Waals surface area contributed by atoms with Crippen molar-refractivity contribution in [3.05, 3.63) is 34.1 Å². The third-order valence-electron chi connectivity index (χ3n) is 5.10. The lowest BCUT2D eigenvalue weighted by Crippen LogP contribution is -2.59. The maximum absolute atomic E-state index is 13.5. The molecule has 1 atom stereocenters. The number of hydrogen-bond acceptors (Lipinski definition) is 2. The summed E-state index contributed by atoms with van der Waals surface area (Å²) >= 11 is 3.52. The largest absolute Gasteiger partial charge is 0.326 e. The molecule has 1 fully saturated rings. The Morgan fingerprint density at radius 3 is 2.48 bits per heavy atom. The van der Waals surface area contributed by atoms with Crippen LogP contribution in [0.3, 0.4) is 0 Å². The Hall–Kier alpha value is -0.450. The monoisotopic (exact) mass is 356 g/mol. The molecule has 1 aromatic rings. The predicted octanol–water partition coefficient (Wildman–Crippen LogP) is 4.11. The van der Waals surface area contributed by atoms with Crippen LogP contribution in [0.25, 0.3) is 0 Å². The van der Waals surface area contributed by atoms with Crippen molar-refractivity contribution in [2.75, 3.05) is 13.1 Å². The SMILES string of the molecule is CCC(CC)(C(N)Cc1cc(F)ccc1Br)N1CCCC1. The lowest BCUT2D eigenvalue weighted by atomic mass is 9.80. The lowest BCUT2D eigenvalue weighted by Gasteiger charge is -2.45. The first-order chi connectivity index (χ1) is 10.0. The van der Waals surface area contributed by atoms with Gasteiger partial charge in [0, 0.05) is 16.1 Å². The number of halogens is 2. The number of hydrogen-bond donors (Lipinski definition) is 1. The first-order valence-corrected chi connectivity index (χ1v) is 8.77. The van der Waals surface area contributed by atoms with Gasteiger partial charge in [0.05, 0.1) is 0 Å². The average molecular weight is 357 g/mol. The van der Waals surface area contributed by atoms with E-state index in [1.54, 1.807) is 12.1 Å². The molecule has 4 heteroatoms. The molecule has 0 aromatic heterocycles.